The van der Waals surface area contributed by atoms with Gasteiger partial charge < -0.3 is 4.74 Å². The summed E-state index contributed by atoms with van der Waals surface area (Å²) in [4.78, 5) is 16.9. The molecule has 0 saturated carbocycles. The standard InChI is InChI=1S/C20H16ClN3O2/c1-26-18-11-10-15(21)13-16(18)20(25)24-23-19(14-7-3-2-4-8-14)17-9-5-6-12-22-17/h2-13H,1H3,(H,24,25)/b23-19+. The van der Waals surface area contributed by atoms with Gasteiger partial charge in [-0.1, -0.05) is 48.0 Å². The zero-order valence-electron chi connectivity index (χ0n) is 14.0. The summed E-state index contributed by atoms with van der Waals surface area (Å²) in [7, 11) is 1.49. The van der Waals surface area contributed by atoms with Crippen LogP contribution in [0.15, 0.2) is 78.0 Å². The van der Waals surface area contributed by atoms with E-state index in [1.165, 1.54) is 13.2 Å². The van der Waals surface area contributed by atoms with Crippen LogP contribution in [0.2, 0.25) is 5.02 Å². The van der Waals surface area contributed by atoms with Gasteiger partial charge in [-0.05, 0) is 30.3 Å². The molecule has 1 heterocycles. The number of methoxy groups -OCH3 is 1. The molecular formula is C20H16ClN3O2. The summed E-state index contributed by atoms with van der Waals surface area (Å²) in [5.74, 6) is -0.00471. The van der Waals surface area contributed by atoms with Gasteiger partial charge in [0.15, 0.2) is 0 Å². The molecule has 0 unspecified atom stereocenters. The Bertz CT molecular complexity index is 887. The summed E-state index contributed by atoms with van der Waals surface area (Å²) in [5, 5.41) is 4.74. The fourth-order valence-electron chi connectivity index (χ4n) is 2.39. The van der Waals surface area contributed by atoms with Crippen LogP contribution in [0.3, 0.4) is 0 Å². The Balaban J connectivity index is 1.95. The van der Waals surface area contributed by atoms with Crippen LogP contribution in [0, 0.1) is 0 Å². The minimum Gasteiger partial charge on any atom is -0.496 e. The maximum Gasteiger partial charge on any atom is 0.275 e. The van der Waals surface area contributed by atoms with Crippen LogP contribution in [-0.2, 0) is 0 Å². The third kappa shape index (κ3) is 4.07. The molecule has 3 aromatic rings. The average Bonchev–Trinajstić information content (AvgIpc) is 2.69. The molecule has 0 bridgehead atoms. The molecule has 0 aliphatic carbocycles. The van der Waals surface area contributed by atoms with Crippen molar-refractivity contribution in [3.8, 4) is 5.75 Å². The Morgan fingerprint density at radius 1 is 1.08 bits per heavy atom. The number of carbonyl (C=O) groups is 1. The topological polar surface area (TPSA) is 63.6 Å². The highest BCUT2D eigenvalue weighted by Crippen LogP contribution is 2.22. The molecule has 0 aliphatic heterocycles. The van der Waals surface area contributed by atoms with Crippen LogP contribution in [0.5, 0.6) is 5.75 Å². The van der Waals surface area contributed by atoms with Crippen LogP contribution in [0.1, 0.15) is 21.6 Å². The maximum atomic E-state index is 12.6. The van der Waals surface area contributed by atoms with Crippen LogP contribution >= 0.6 is 11.6 Å². The van der Waals surface area contributed by atoms with E-state index in [-0.39, 0.29) is 0 Å². The van der Waals surface area contributed by atoms with Gasteiger partial charge in [0.25, 0.3) is 5.91 Å². The van der Waals surface area contributed by atoms with Gasteiger partial charge in [0.1, 0.15) is 11.5 Å². The van der Waals surface area contributed by atoms with Crippen molar-refractivity contribution >= 4 is 23.2 Å². The molecule has 0 aliphatic rings. The summed E-state index contributed by atoms with van der Waals surface area (Å²) in [6.45, 7) is 0. The third-order valence-electron chi connectivity index (χ3n) is 3.63. The van der Waals surface area contributed by atoms with Crippen molar-refractivity contribution in [2.24, 2.45) is 5.10 Å². The molecule has 0 fully saturated rings. The van der Waals surface area contributed by atoms with Gasteiger partial charge in [-0.2, -0.15) is 5.10 Å². The molecule has 26 heavy (non-hydrogen) atoms. The largest absolute Gasteiger partial charge is 0.496 e. The number of amides is 1. The molecule has 130 valence electrons. The lowest BCUT2D eigenvalue weighted by atomic mass is 10.1. The van der Waals surface area contributed by atoms with Crippen LogP contribution in [0.4, 0.5) is 0 Å². The predicted octanol–water partition coefficient (Wildman–Crippen LogP) is 3.93. The first-order chi connectivity index (χ1) is 12.7. The highest BCUT2D eigenvalue weighted by atomic mass is 35.5. The number of ether oxygens (including phenoxy) is 1. The fraction of sp³-hybridized carbons (Fsp3) is 0.0500. The van der Waals surface area contributed by atoms with E-state index in [4.69, 9.17) is 16.3 Å². The van der Waals surface area contributed by atoms with Crippen molar-refractivity contribution < 1.29 is 9.53 Å². The summed E-state index contributed by atoms with van der Waals surface area (Å²) in [6.07, 6.45) is 1.68. The Hall–Kier alpha value is -3.18. The highest BCUT2D eigenvalue weighted by Gasteiger charge is 2.14. The molecule has 0 spiro atoms. The zero-order valence-corrected chi connectivity index (χ0v) is 14.8. The number of hydrogen-bond donors (Lipinski definition) is 1. The minimum absolute atomic E-state index is 0.303. The minimum atomic E-state index is -0.422. The van der Waals surface area contributed by atoms with Gasteiger partial charge in [0.2, 0.25) is 0 Å². The van der Waals surface area contributed by atoms with E-state index in [0.717, 1.165) is 5.56 Å². The lowest BCUT2D eigenvalue weighted by molar-refractivity contribution is 0.0952. The molecule has 0 atom stereocenters. The van der Waals surface area contributed by atoms with E-state index in [1.807, 2.05) is 48.5 Å². The van der Waals surface area contributed by atoms with Gasteiger partial charge in [-0.3, -0.25) is 9.78 Å². The molecular weight excluding hydrogens is 350 g/mol. The van der Waals surface area contributed by atoms with Crippen molar-refractivity contribution in [1.29, 1.82) is 0 Å². The van der Waals surface area contributed by atoms with E-state index in [0.29, 0.717) is 27.7 Å². The number of aromatic nitrogens is 1. The monoisotopic (exact) mass is 365 g/mol. The number of benzene rings is 2. The first-order valence-electron chi connectivity index (χ1n) is 7.87. The second kappa shape index (κ2) is 8.27. The van der Waals surface area contributed by atoms with Crippen LogP contribution < -0.4 is 10.2 Å². The molecule has 1 aromatic heterocycles. The number of nitrogens with zero attached hydrogens (tertiary/aromatic N) is 2. The smallest absolute Gasteiger partial charge is 0.275 e. The second-order valence-electron chi connectivity index (χ2n) is 5.33. The maximum absolute atomic E-state index is 12.6. The SMILES string of the molecule is COc1ccc(Cl)cc1C(=O)N/N=C(\c1ccccc1)c1ccccn1. The van der Waals surface area contributed by atoms with Gasteiger partial charge >= 0.3 is 0 Å². The molecule has 0 radical (unpaired) electrons. The Labute approximate surface area is 156 Å². The highest BCUT2D eigenvalue weighted by molar-refractivity contribution is 6.31. The summed E-state index contributed by atoms with van der Waals surface area (Å²) in [6, 6.07) is 19.9. The van der Waals surface area contributed by atoms with Gasteiger partial charge in [-0.15, -0.1) is 0 Å². The van der Waals surface area contributed by atoms with Crippen molar-refractivity contribution in [3.63, 3.8) is 0 Å². The van der Waals surface area contributed by atoms with Crippen molar-refractivity contribution in [3.05, 3.63) is 94.8 Å². The molecule has 3 rings (SSSR count). The molecule has 0 saturated heterocycles. The first-order valence-corrected chi connectivity index (χ1v) is 8.25. The van der Waals surface area contributed by atoms with E-state index in [2.05, 4.69) is 15.5 Å². The summed E-state index contributed by atoms with van der Waals surface area (Å²) >= 11 is 5.99. The summed E-state index contributed by atoms with van der Waals surface area (Å²) < 4.78 is 5.22. The van der Waals surface area contributed by atoms with Gasteiger partial charge in [0.05, 0.1) is 18.4 Å². The third-order valence-corrected chi connectivity index (χ3v) is 3.87. The van der Waals surface area contributed by atoms with Crippen LogP contribution in [0.25, 0.3) is 0 Å². The van der Waals surface area contributed by atoms with E-state index < -0.39 is 5.91 Å². The molecule has 5 nitrogen and oxygen atoms in total. The number of pyridine rings is 1. The normalized spacial score (nSPS) is 11.1. The van der Waals surface area contributed by atoms with E-state index in [9.17, 15) is 4.79 Å². The number of carbonyl (C=O) groups excluding carboxylic acids is 1. The molecule has 1 amide bonds. The molecule has 6 heteroatoms. The number of halogens is 1. The fourth-order valence-corrected chi connectivity index (χ4v) is 2.57. The van der Waals surface area contributed by atoms with Gasteiger partial charge in [-0.25, -0.2) is 5.43 Å². The van der Waals surface area contributed by atoms with Crippen molar-refractivity contribution in [2.45, 2.75) is 0 Å². The number of hydrogen-bond acceptors (Lipinski definition) is 4. The molecule has 2 aromatic carbocycles. The van der Waals surface area contributed by atoms with E-state index >= 15 is 0 Å². The van der Waals surface area contributed by atoms with Crippen molar-refractivity contribution in [2.75, 3.05) is 7.11 Å². The van der Waals surface area contributed by atoms with Crippen LogP contribution in [-0.4, -0.2) is 23.7 Å². The second-order valence-corrected chi connectivity index (χ2v) is 5.76. The Morgan fingerprint density at radius 2 is 1.85 bits per heavy atom. The quantitative estimate of drug-likeness (QED) is 0.550. The lowest BCUT2D eigenvalue weighted by Crippen LogP contribution is -2.21. The summed E-state index contributed by atoms with van der Waals surface area (Å²) in [5.41, 5.74) is 4.91. The van der Waals surface area contributed by atoms with Crippen molar-refractivity contribution in [1.82, 2.24) is 10.4 Å². The number of hydrazone groups is 1. The first kappa shape index (κ1) is 17.6. The number of nitrogens with one attached hydrogen (secondary N) is 1. The number of rotatable bonds is 5. The van der Waals surface area contributed by atoms with E-state index in [1.54, 1.807) is 18.3 Å². The average molecular weight is 366 g/mol. The molecule has 1 N–H and O–H groups in total. The Kier molecular flexibility index (Phi) is 5.61. The Morgan fingerprint density at radius 3 is 2.54 bits per heavy atom. The zero-order chi connectivity index (χ0) is 18.4. The van der Waals surface area contributed by atoms with Gasteiger partial charge in [0, 0.05) is 16.8 Å². The lowest BCUT2D eigenvalue weighted by Gasteiger charge is -2.09. The predicted molar refractivity (Wildman–Crippen MR) is 102 cm³/mol.